The van der Waals surface area contributed by atoms with E-state index in [0.717, 1.165) is 5.56 Å². The molecular formula is C19H18F3N6O+. The monoisotopic (exact) mass is 403 g/mol. The molecule has 0 fully saturated rings. The summed E-state index contributed by atoms with van der Waals surface area (Å²) in [6.07, 6.45) is 6.62. The smallest absolute Gasteiger partial charge is 0.355 e. The van der Waals surface area contributed by atoms with Crippen LogP contribution in [0, 0.1) is 0 Å². The first-order chi connectivity index (χ1) is 13.8. The molecule has 0 spiro atoms. The van der Waals surface area contributed by atoms with Gasteiger partial charge in [0.25, 0.3) is 5.91 Å². The number of aromatic amines is 1. The molecule has 2 aliphatic rings. The molecule has 2 atom stereocenters. The number of carbonyl (C=O) groups is 1. The van der Waals surface area contributed by atoms with E-state index in [9.17, 15) is 18.0 Å². The van der Waals surface area contributed by atoms with Crippen molar-refractivity contribution in [2.45, 2.75) is 18.4 Å². The minimum absolute atomic E-state index is 0.0598. The molecule has 7 nitrogen and oxygen atoms in total. The van der Waals surface area contributed by atoms with Crippen molar-refractivity contribution in [2.75, 3.05) is 0 Å². The molecule has 0 aliphatic carbocycles. The molecule has 2 aromatic rings. The molecule has 0 bridgehead atoms. The fourth-order valence-corrected chi connectivity index (χ4v) is 3.31. The normalized spacial score (nSPS) is 19.2. The number of fused-ring (bicyclic) bond motifs is 1. The number of allylic oxidation sites excluding steroid dienone is 3. The maximum atomic E-state index is 13.6. The summed E-state index contributed by atoms with van der Waals surface area (Å²) >= 11 is 0. The van der Waals surface area contributed by atoms with Crippen LogP contribution in [0.15, 0.2) is 72.6 Å². The SMILES string of the molecule is Cn1cc(C2NC(C(=O)NC(c3cccc[nH+]3)C(F)(F)F)=C3C=CC=CN32)cn1. The summed E-state index contributed by atoms with van der Waals surface area (Å²) in [6.45, 7) is 0. The van der Waals surface area contributed by atoms with E-state index in [-0.39, 0.29) is 11.4 Å². The van der Waals surface area contributed by atoms with Crippen molar-refractivity contribution in [3.63, 3.8) is 0 Å². The zero-order valence-corrected chi connectivity index (χ0v) is 15.3. The maximum absolute atomic E-state index is 13.6. The van der Waals surface area contributed by atoms with Gasteiger partial charge >= 0.3 is 6.18 Å². The summed E-state index contributed by atoms with van der Waals surface area (Å²) in [4.78, 5) is 17.2. The number of rotatable bonds is 4. The Bertz CT molecular complexity index is 1010. The average molecular weight is 403 g/mol. The summed E-state index contributed by atoms with van der Waals surface area (Å²) in [5.74, 6) is -0.851. The third-order valence-electron chi connectivity index (χ3n) is 4.62. The Hall–Kier alpha value is -3.56. The second kappa shape index (κ2) is 7.12. The van der Waals surface area contributed by atoms with Crippen LogP contribution in [0.3, 0.4) is 0 Å². The van der Waals surface area contributed by atoms with Crippen molar-refractivity contribution < 1.29 is 22.9 Å². The summed E-state index contributed by atoms with van der Waals surface area (Å²) in [5, 5.41) is 9.26. The van der Waals surface area contributed by atoms with Crippen LogP contribution in [0.4, 0.5) is 13.2 Å². The highest BCUT2D eigenvalue weighted by molar-refractivity contribution is 5.95. The fraction of sp³-hybridized carbons (Fsp3) is 0.211. The van der Waals surface area contributed by atoms with E-state index in [1.165, 1.54) is 18.3 Å². The molecule has 4 rings (SSSR count). The Balaban J connectivity index is 1.63. The molecule has 0 radical (unpaired) electrons. The minimum atomic E-state index is -4.66. The van der Waals surface area contributed by atoms with Gasteiger partial charge in [-0.25, -0.2) is 4.98 Å². The number of carbonyl (C=O) groups excluding carboxylic acids is 1. The van der Waals surface area contributed by atoms with Gasteiger partial charge in [-0.1, -0.05) is 12.1 Å². The molecule has 29 heavy (non-hydrogen) atoms. The second-order valence-corrected chi connectivity index (χ2v) is 6.63. The molecule has 0 saturated heterocycles. The van der Waals surface area contributed by atoms with Crippen LogP contribution in [0.25, 0.3) is 0 Å². The lowest BCUT2D eigenvalue weighted by atomic mass is 10.1. The van der Waals surface area contributed by atoms with Crippen LogP contribution in [0.1, 0.15) is 23.5 Å². The van der Waals surface area contributed by atoms with E-state index in [2.05, 4.69) is 20.7 Å². The van der Waals surface area contributed by atoms with E-state index in [1.807, 2.05) is 0 Å². The van der Waals surface area contributed by atoms with Gasteiger partial charge in [-0.2, -0.15) is 18.3 Å². The predicted molar refractivity (Wildman–Crippen MR) is 96.2 cm³/mol. The standard InChI is InChI=1S/C19H17F3N6O/c1-27-11-12(10-24-27)17-25-15(14-7-3-5-9-28(14)17)18(29)26-16(19(20,21)22)13-6-2-4-8-23-13/h2-11,16-17,25H,1H3,(H,26,29)/p+1. The van der Waals surface area contributed by atoms with Crippen molar-refractivity contribution in [3.05, 3.63) is 83.9 Å². The van der Waals surface area contributed by atoms with Gasteiger partial charge in [-0.05, 0) is 12.2 Å². The third kappa shape index (κ3) is 3.60. The van der Waals surface area contributed by atoms with Gasteiger partial charge in [0.2, 0.25) is 11.7 Å². The van der Waals surface area contributed by atoms with Crippen LogP contribution in [0.2, 0.25) is 0 Å². The number of aryl methyl sites for hydroxylation is 1. The van der Waals surface area contributed by atoms with Gasteiger partial charge in [0.15, 0.2) is 6.20 Å². The highest BCUT2D eigenvalue weighted by atomic mass is 19.4. The summed E-state index contributed by atoms with van der Waals surface area (Å²) in [7, 11) is 1.76. The summed E-state index contributed by atoms with van der Waals surface area (Å²) < 4.78 is 42.5. The van der Waals surface area contributed by atoms with Crippen LogP contribution in [-0.2, 0) is 11.8 Å². The van der Waals surface area contributed by atoms with Gasteiger partial charge in [-0.3, -0.25) is 9.48 Å². The Kier molecular flexibility index (Phi) is 4.61. The number of hydrogen-bond acceptors (Lipinski definition) is 4. The molecule has 0 aromatic carbocycles. The first-order valence-electron chi connectivity index (χ1n) is 8.81. The van der Waals surface area contributed by atoms with Crippen molar-refractivity contribution >= 4 is 5.91 Å². The summed E-state index contributed by atoms with van der Waals surface area (Å²) in [5.41, 5.74) is 1.16. The van der Waals surface area contributed by atoms with Crippen LogP contribution in [0.5, 0.6) is 0 Å². The van der Waals surface area contributed by atoms with Gasteiger partial charge in [0, 0.05) is 37.1 Å². The van der Waals surface area contributed by atoms with Crippen LogP contribution in [-0.4, -0.2) is 26.8 Å². The topological polar surface area (TPSA) is 76.3 Å². The third-order valence-corrected chi connectivity index (χ3v) is 4.62. The van der Waals surface area contributed by atoms with E-state index in [0.29, 0.717) is 5.70 Å². The van der Waals surface area contributed by atoms with Gasteiger partial charge in [0.1, 0.15) is 11.9 Å². The largest absolute Gasteiger partial charge is 0.418 e. The number of nitrogens with one attached hydrogen (secondary N) is 3. The Morgan fingerprint density at radius 2 is 2.17 bits per heavy atom. The van der Waals surface area contributed by atoms with Crippen molar-refractivity contribution in [1.82, 2.24) is 25.3 Å². The highest BCUT2D eigenvalue weighted by Crippen LogP contribution is 2.35. The molecule has 4 heterocycles. The van der Waals surface area contributed by atoms with Crippen molar-refractivity contribution in [1.29, 1.82) is 0 Å². The first-order valence-corrected chi connectivity index (χ1v) is 8.81. The van der Waals surface area contributed by atoms with Gasteiger partial charge in [0.05, 0.1) is 11.9 Å². The lowest BCUT2D eigenvalue weighted by Gasteiger charge is -2.24. The number of halogens is 3. The average Bonchev–Trinajstić information content (AvgIpc) is 3.29. The molecule has 1 amide bonds. The Morgan fingerprint density at radius 1 is 1.34 bits per heavy atom. The Morgan fingerprint density at radius 3 is 2.83 bits per heavy atom. The number of pyridine rings is 1. The maximum Gasteiger partial charge on any atom is 0.418 e. The first kappa shape index (κ1) is 18.8. The quantitative estimate of drug-likeness (QED) is 0.817. The number of H-pyrrole nitrogens is 1. The van der Waals surface area contributed by atoms with Crippen molar-refractivity contribution in [3.8, 4) is 0 Å². The van der Waals surface area contributed by atoms with E-state index >= 15 is 0 Å². The molecule has 0 saturated carbocycles. The van der Waals surface area contributed by atoms with E-state index in [4.69, 9.17) is 0 Å². The molecule has 2 unspecified atom stereocenters. The number of amides is 1. The van der Waals surface area contributed by atoms with Gasteiger partial charge in [-0.15, -0.1) is 0 Å². The number of nitrogens with zero attached hydrogens (tertiary/aromatic N) is 3. The lowest BCUT2D eigenvalue weighted by Crippen LogP contribution is -2.43. The molecule has 2 aliphatic heterocycles. The highest BCUT2D eigenvalue weighted by Gasteiger charge is 2.47. The van der Waals surface area contributed by atoms with Crippen LogP contribution < -0.4 is 15.6 Å². The Labute approximate surface area is 164 Å². The van der Waals surface area contributed by atoms with Gasteiger partial charge < -0.3 is 15.5 Å². The number of alkyl halides is 3. The molecule has 3 N–H and O–H groups in total. The molecular weight excluding hydrogens is 385 g/mol. The number of aromatic nitrogens is 3. The minimum Gasteiger partial charge on any atom is -0.355 e. The molecule has 150 valence electrons. The molecule has 2 aromatic heterocycles. The van der Waals surface area contributed by atoms with E-state index < -0.39 is 24.3 Å². The zero-order valence-electron chi connectivity index (χ0n) is 15.3. The zero-order chi connectivity index (χ0) is 20.6. The van der Waals surface area contributed by atoms with Crippen molar-refractivity contribution in [2.24, 2.45) is 7.05 Å². The van der Waals surface area contributed by atoms with E-state index in [1.54, 1.807) is 59.5 Å². The predicted octanol–water partition coefficient (Wildman–Crippen LogP) is 1.85. The number of hydrogen-bond donors (Lipinski definition) is 2. The summed E-state index contributed by atoms with van der Waals surface area (Å²) in [6, 6.07) is 2.16. The lowest BCUT2D eigenvalue weighted by molar-refractivity contribution is -0.401. The van der Waals surface area contributed by atoms with Crippen LogP contribution >= 0.6 is 0 Å². The molecule has 10 heteroatoms. The fourth-order valence-electron chi connectivity index (χ4n) is 3.31. The second-order valence-electron chi connectivity index (χ2n) is 6.63.